The number of benzene rings is 1. The van der Waals surface area contributed by atoms with Crippen LogP contribution in [0.3, 0.4) is 0 Å². The van der Waals surface area contributed by atoms with Crippen molar-refractivity contribution in [2.75, 3.05) is 0 Å². The molecule has 0 aliphatic heterocycles. The van der Waals surface area contributed by atoms with Crippen LogP contribution in [-0.4, -0.2) is 14.5 Å². The van der Waals surface area contributed by atoms with Gasteiger partial charge in [-0.15, -0.1) is 5.73 Å². The van der Waals surface area contributed by atoms with E-state index < -0.39 is 10.0 Å². The minimum atomic E-state index is -3.55. The summed E-state index contributed by atoms with van der Waals surface area (Å²) in [5, 5.41) is 0. The summed E-state index contributed by atoms with van der Waals surface area (Å²) in [6.07, 6.45) is 2.39. The highest BCUT2D eigenvalue weighted by Gasteiger charge is 2.23. The fraction of sp³-hybridized carbons (Fsp3) is 0.471. The molecule has 0 aliphatic rings. The van der Waals surface area contributed by atoms with Crippen LogP contribution in [0.5, 0.6) is 0 Å². The second-order valence-corrected chi connectivity index (χ2v) is 7.61. The van der Waals surface area contributed by atoms with Crippen molar-refractivity contribution >= 4 is 10.0 Å². The molecule has 0 saturated carbocycles. The average molecular weight is 307 g/mol. The van der Waals surface area contributed by atoms with Crippen molar-refractivity contribution < 1.29 is 8.42 Å². The lowest BCUT2D eigenvalue weighted by atomic mass is 10.0. The lowest BCUT2D eigenvalue weighted by molar-refractivity contribution is 0.507. The van der Waals surface area contributed by atoms with E-state index in [4.69, 9.17) is 0 Å². The van der Waals surface area contributed by atoms with E-state index in [-0.39, 0.29) is 6.04 Å². The molecule has 1 unspecified atom stereocenters. The van der Waals surface area contributed by atoms with Crippen LogP contribution in [0.2, 0.25) is 0 Å². The van der Waals surface area contributed by atoms with Crippen molar-refractivity contribution in [3.05, 3.63) is 47.2 Å². The van der Waals surface area contributed by atoms with E-state index in [1.54, 1.807) is 6.08 Å². The summed E-state index contributed by atoms with van der Waals surface area (Å²) in [4.78, 5) is 0.374. The van der Waals surface area contributed by atoms with Gasteiger partial charge in [-0.2, -0.15) is 0 Å². The minimum absolute atomic E-state index is 0.285. The molecule has 0 aliphatic carbocycles. The van der Waals surface area contributed by atoms with E-state index in [1.165, 1.54) is 0 Å². The monoisotopic (exact) mass is 307 g/mol. The third-order valence-electron chi connectivity index (χ3n) is 3.22. The minimum Gasteiger partial charge on any atom is -0.207 e. The van der Waals surface area contributed by atoms with Gasteiger partial charge in [-0.3, -0.25) is 0 Å². The van der Waals surface area contributed by atoms with Crippen LogP contribution in [0.4, 0.5) is 0 Å². The zero-order chi connectivity index (χ0) is 16.2. The first kappa shape index (κ1) is 17.7. The summed E-state index contributed by atoms with van der Waals surface area (Å²) in [6, 6.07) is 3.50. The summed E-state index contributed by atoms with van der Waals surface area (Å²) in [5.41, 5.74) is 5.29. The van der Waals surface area contributed by atoms with Gasteiger partial charge in [0, 0.05) is 6.04 Å². The van der Waals surface area contributed by atoms with Crippen LogP contribution in [-0.2, 0) is 10.0 Å². The Bertz CT molecular complexity index is 630. The predicted octanol–water partition coefficient (Wildman–Crippen LogP) is 3.65. The van der Waals surface area contributed by atoms with Gasteiger partial charge in [0.25, 0.3) is 0 Å². The molecule has 1 atom stereocenters. The summed E-state index contributed by atoms with van der Waals surface area (Å²) in [6.45, 7) is 13.3. The quantitative estimate of drug-likeness (QED) is 0.816. The molecule has 3 nitrogen and oxygen atoms in total. The SMILES string of the molecule is C=C=CC(CC(C)C)NS(=O)(=O)c1c(C)cc(C)cc1C. The molecule has 0 amide bonds. The van der Waals surface area contributed by atoms with Crippen LogP contribution in [0.25, 0.3) is 0 Å². The molecular weight excluding hydrogens is 282 g/mol. The molecular formula is C17H25NO2S. The van der Waals surface area contributed by atoms with Crippen LogP contribution >= 0.6 is 0 Å². The van der Waals surface area contributed by atoms with Gasteiger partial charge in [0.2, 0.25) is 10.0 Å². The number of rotatable bonds is 6. The summed E-state index contributed by atoms with van der Waals surface area (Å²) < 4.78 is 28.1. The first-order valence-electron chi connectivity index (χ1n) is 7.13. The van der Waals surface area contributed by atoms with E-state index in [1.807, 2.05) is 32.9 Å². The highest BCUT2D eigenvalue weighted by Crippen LogP contribution is 2.22. The van der Waals surface area contributed by atoms with E-state index in [0.29, 0.717) is 17.2 Å². The Morgan fingerprint density at radius 1 is 1.24 bits per heavy atom. The van der Waals surface area contributed by atoms with Gasteiger partial charge < -0.3 is 0 Å². The number of hydrogen-bond acceptors (Lipinski definition) is 2. The Morgan fingerprint density at radius 3 is 2.19 bits per heavy atom. The molecule has 1 N–H and O–H groups in total. The standard InChI is InChI=1S/C17H25NO2S/c1-7-8-16(9-12(2)3)18-21(19,20)17-14(5)10-13(4)11-15(17)6/h8,10-12,16,18H,1,9H2,2-6H3. The first-order valence-corrected chi connectivity index (χ1v) is 8.61. The Kier molecular flexibility index (Phi) is 5.97. The maximum Gasteiger partial charge on any atom is 0.241 e. The van der Waals surface area contributed by atoms with Gasteiger partial charge in [0.05, 0.1) is 4.90 Å². The molecule has 1 aromatic carbocycles. The topological polar surface area (TPSA) is 46.2 Å². The molecule has 0 spiro atoms. The van der Waals surface area contributed by atoms with Crippen LogP contribution < -0.4 is 4.72 Å². The van der Waals surface area contributed by atoms with Crippen LogP contribution in [0.15, 0.2) is 35.4 Å². The molecule has 0 radical (unpaired) electrons. The largest absolute Gasteiger partial charge is 0.241 e. The van der Waals surface area contributed by atoms with Gasteiger partial charge in [0.1, 0.15) is 0 Å². The molecule has 0 bridgehead atoms. The molecule has 116 valence electrons. The lowest BCUT2D eigenvalue weighted by Gasteiger charge is -2.19. The Balaban J connectivity index is 3.19. The zero-order valence-electron chi connectivity index (χ0n) is 13.5. The Morgan fingerprint density at radius 2 is 1.76 bits per heavy atom. The van der Waals surface area contributed by atoms with Crippen molar-refractivity contribution in [2.45, 2.75) is 52.0 Å². The number of aryl methyl sites for hydroxylation is 3. The smallest absolute Gasteiger partial charge is 0.207 e. The van der Waals surface area contributed by atoms with Crippen molar-refractivity contribution in [3.8, 4) is 0 Å². The third kappa shape index (κ3) is 4.85. The summed E-state index contributed by atoms with van der Waals surface area (Å²) in [7, 11) is -3.55. The fourth-order valence-electron chi connectivity index (χ4n) is 2.65. The van der Waals surface area contributed by atoms with Gasteiger partial charge in [-0.1, -0.05) is 38.1 Å². The zero-order valence-corrected chi connectivity index (χ0v) is 14.3. The van der Waals surface area contributed by atoms with Crippen molar-refractivity contribution in [1.29, 1.82) is 0 Å². The fourth-order valence-corrected chi connectivity index (χ4v) is 4.30. The second-order valence-electron chi connectivity index (χ2n) is 5.96. The van der Waals surface area contributed by atoms with E-state index in [0.717, 1.165) is 16.7 Å². The lowest BCUT2D eigenvalue weighted by Crippen LogP contribution is -2.35. The van der Waals surface area contributed by atoms with Crippen molar-refractivity contribution in [3.63, 3.8) is 0 Å². The highest BCUT2D eigenvalue weighted by molar-refractivity contribution is 7.89. The molecule has 4 heteroatoms. The molecule has 0 fully saturated rings. The Labute approximate surface area is 128 Å². The van der Waals surface area contributed by atoms with Gasteiger partial charge in [-0.05, 0) is 50.3 Å². The second kappa shape index (κ2) is 7.08. The molecule has 21 heavy (non-hydrogen) atoms. The average Bonchev–Trinajstić information content (AvgIpc) is 2.24. The number of hydrogen-bond donors (Lipinski definition) is 1. The normalized spacial score (nSPS) is 13.0. The molecule has 1 rings (SSSR count). The van der Waals surface area contributed by atoms with Crippen molar-refractivity contribution in [2.24, 2.45) is 5.92 Å². The Hall–Kier alpha value is -1.35. The molecule has 0 saturated heterocycles. The highest BCUT2D eigenvalue weighted by atomic mass is 32.2. The maximum absolute atomic E-state index is 12.7. The summed E-state index contributed by atoms with van der Waals surface area (Å²) >= 11 is 0. The first-order chi connectivity index (χ1) is 9.67. The molecule has 1 aromatic rings. The maximum atomic E-state index is 12.7. The predicted molar refractivity (Wildman–Crippen MR) is 87.9 cm³/mol. The van der Waals surface area contributed by atoms with Crippen molar-refractivity contribution in [1.82, 2.24) is 4.72 Å². The number of sulfonamides is 1. The van der Waals surface area contributed by atoms with Crippen LogP contribution in [0.1, 0.15) is 37.0 Å². The number of nitrogens with one attached hydrogen (secondary N) is 1. The summed E-state index contributed by atoms with van der Waals surface area (Å²) in [5.74, 6) is 0.377. The van der Waals surface area contributed by atoms with E-state index in [9.17, 15) is 8.42 Å². The molecule has 0 aromatic heterocycles. The van der Waals surface area contributed by atoms with E-state index >= 15 is 0 Å². The van der Waals surface area contributed by atoms with Gasteiger partial charge >= 0.3 is 0 Å². The van der Waals surface area contributed by atoms with Gasteiger partial charge in [-0.25, -0.2) is 13.1 Å². The van der Waals surface area contributed by atoms with Gasteiger partial charge in [0.15, 0.2) is 0 Å². The van der Waals surface area contributed by atoms with Crippen LogP contribution in [0, 0.1) is 26.7 Å². The molecule has 0 heterocycles. The third-order valence-corrected chi connectivity index (χ3v) is 5.02. The van der Waals surface area contributed by atoms with E-state index in [2.05, 4.69) is 30.9 Å².